The van der Waals surface area contributed by atoms with Gasteiger partial charge in [-0.15, -0.1) is 0 Å². The molecule has 0 aliphatic carbocycles. The molecular weight excluding hydrogens is 464 g/mol. The predicted molar refractivity (Wildman–Crippen MR) is 148 cm³/mol. The summed E-state index contributed by atoms with van der Waals surface area (Å²) in [4.78, 5) is 23.0. The zero-order chi connectivity index (χ0) is 25.9. The maximum Gasteiger partial charge on any atom is 0.254 e. The second-order valence-electron chi connectivity index (χ2n) is 9.40. The Labute approximate surface area is 217 Å². The third-order valence-corrected chi connectivity index (χ3v) is 6.87. The van der Waals surface area contributed by atoms with Gasteiger partial charge in [0.25, 0.3) is 5.91 Å². The van der Waals surface area contributed by atoms with Gasteiger partial charge in [0.1, 0.15) is 17.3 Å². The molecule has 1 N–H and O–H groups in total. The summed E-state index contributed by atoms with van der Waals surface area (Å²) in [6.07, 6.45) is 0. The van der Waals surface area contributed by atoms with E-state index in [4.69, 9.17) is 14.5 Å². The van der Waals surface area contributed by atoms with Crippen LogP contribution in [0.1, 0.15) is 22.8 Å². The van der Waals surface area contributed by atoms with Gasteiger partial charge in [-0.3, -0.25) is 4.79 Å². The van der Waals surface area contributed by atoms with Crippen LogP contribution in [0.25, 0.3) is 10.9 Å². The lowest BCUT2D eigenvalue weighted by atomic mass is 10.1. The number of amides is 1. The van der Waals surface area contributed by atoms with Gasteiger partial charge in [-0.05, 0) is 55.8 Å². The maximum atomic E-state index is 13.9. The lowest BCUT2D eigenvalue weighted by Crippen LogP contribution is -2.53. The third kappa shape index (κ3) is 5.03. The number of para-hydroxylation sites is 1. The topological polar surface area (TPSA) is 66.9 Å². The lowest BCUT2D eigenvalue weighted by Gasteiger charge is -2.41. The normalized spacial score (nSPS) is 15.5. The number of benzene rings is 3. The first-order valence-electron chi connectivity index (χ1n) is 12.5. The van der Waals surface area contributed by atoms with Crippen molar-refractivity contribution in [2.24, 2.45) is 0 Å². The van der Waals surface area contributed by atoms with Gasteiger partial charge in [-0.1, -0.05) is 30.3 Å². The molecular formula is C30H32N4O3. The Kier molecular flexibility index (Phi) is 6.86. The molecule has 1 aliphatic rings. The minimum atomic E-state index is 0.0130. The first kappa shape index (κ1) is 24.4. The Balaban J connectivity index is 1.43. The Hall–Kier alpha value is -4.26. The smallest absolute Gasteiger partial charge is 0.254 e. The lowest BCUT2D eigenvalue weighted by molar-refractivity contribution is 0.0728. The molecule has 0 radical (unpaired) electrons. The molecule has 1 aliphatic heterocycles. The summed E-state index contributed by atoms with van der Waals surface area (Å²) in [6.45, 7) is 6.37. The number of ether oxygens (including phenoxy) is 2. The van der Waals surface area contributed by atoms with Crippen LogP contribution in [-0.2, 0) is 0 Å². The Morgan fingerprint density at radius 1 is 0.973 bits per heavy atom. The molecule has 0 spiro atoms. The van der Waals surface area contributed by atoms with Crippen LogP contribution in [0.4, 0.5) is 17.2 Å². The SMILES string of the molecule is COc1ccc(Nc2cc(C(=O)N3CCN(c4cccc(C)c4)C(C)C3)c3ccccc3n2)c(OC)c1. The van der Waals surface area contributed by atoms with Crippen molar-refractivity contribution < 1.29 is 14.3 Å². The molecule has 1 atom stereocenters. The number of nitrogens with one attached hydrogen (secondary N) is 1. The molecule has 1 aromatic heterocycles. The molecule has 5 rings (SSSR count). The van der Waals surface area contributed by atoms with E-state index in [-0.39, 0.29) is 11.9 Å². The molecule has 1 saturated heterocycles. The van der Waals surface area contributed by atoms with Crippen molar-refractivity contribution in [3.63, 3.8) is 0 Å². The summed E-state index contributed by atoms with van der Waals surface area (Å²) in [5.41, 5.74) is 4.57. The summed E-state index contributed by atoms with van der Waals surface area (Å²) >= 11 is 0. The van der Waals surface area contributed by atoms with E-state index >= 15 is 0 Å². The van der Waals surface area contributed by atoms with Crippen molar-refractivity contribution in [1.29, 1.82) is 0 Å². The largest absolute Gasteiger partial charge is 0.497 e. The number of pyridine rings is 1. The average molecular weight is 497 g/mol. The van der Waals surface area contributed by atoms with Crippen molar-refractivity contribution in [3.8, 4) is 11.5 Å². The van der Waals surface area contributed by atoms with Gasteiger partial charge in [0.2, 0.25) is 0 Å². The van der Waals surface area contributed by atoms with Gasteiger partial charge < -0.3 is 24.6 Å². The van der Waals surface area contributed by atoms with Crippen molar-refractivity contribution in [3.05, 3.63) is 83.9 Å². The number of aryl methyl sites for hydroxylation is 1. The van der Waals surface area contributed by atoms with Crippen molar-refractivity contribution in [2.45, 2.75) is 19.9 Å². The second kappa shape index (κ2) is 10.4. The van der Waals surface area contributed by atoms with E-state index in [2.05, 4.69) is 48.3 Å². The highest BCUT2D eigenvalue weighted by atomic mass is 16.5. The minimum Gasteiger partial charge on any atom is -0.497 e. The number of aromatic nitrogens is 1. The number of fused-ring (bicyclic) bond motifs is 1. The quantitative estimate of drug-likeness (QED) is 0.372. The Bertz CT molecular complexity index is 1440. The number of piperazine rings is 1. The average Bonchev–Trinajstić information content (AvgIpc) is 2.92. The molecule has 4 aromatic rings. The van der Waals surface area contributed by atoms with Gasteiger partial charge in [0.15, 0.2) is 0 Å². The molecule has 1 unspecified atom stereocenters. The fourth-order valence-corrected chi connectivity index (χ4v) is 4.96. The van der Waals surface area contributed by atoms with Gasteiger partial charge in [0.05, 0.1) is 31.0 Å². The minimum absolute atomic E-state index is 0.0130. The van der Waals surface area contributed by atoms with Crippen LogP contribution >= 0.6 is 0 Å². The van der Waals surface area contributed by atoms with Crippen LogP contribution in [-0.4, -0.2) is 55.7 Å². The van der Waals surface area contributed by atoms with Crippen LogP contribution in [0.5, 0.6) is 11.5 Å². The first-order valence-corrected chi connectivity index (χ1v) is 12.5. The van der Waals surface area contributed by atoms with Crippen LogP contribution in [0.2, 0.25) is 0 Å². The van der Waals surface area contributed by atoms with E-state index in [1.807, 2.05) is 53.4 Å². The molecule has 1 fully saturated rings. The van der Waals surface area contributed by atoms with Crippen molar-refractivity contribution in [2.75, 3.05) is 44.1 Å². The molecule has 7 nitrogen and oxygen atoms in total. The highest BCUT2D eigenvalue weighted by Gasteiger charge is 2.29. The molecule has 1 amide bonds. The Morgan fingerprint density at radius 2 is 1.81 bits per heavy atom. The number of nitrogens with zero attached hydrogens (tertiary/aromatic N) is 3. The zero-order valence-corrected chi connectivity index (χ0v) is 21.7. The number of methoxy groups -OCH3 is 2. The van der Waals surface area contributed by atoms with Gasteiger partial charge in [-0.2, -0.15) is 0 Å². The van der Waals surface area contributed by atoms with Crippen LogP contribution < -0.4 is 19.7 Å². The van der Waals surface area contributed by atoms with Gasteiger partial charge in [-0.25, -0.2) is 4.98 Å². The summed E-state index contributed by atoms with van der Waals surface area (Å²) in [5, 5.41) is 4.18. The highest BCUT2D eigenvalue weighted by Crippen LogP contribution is 2.33. The van der Waals surface area contributed by atoms with E-state index in [0.717, 1.165) is 23.1 Å². The van der Waals surface area contributed by atoms with Gasteiger partial charge >= 0.3 is 0 Å². The molecule has 0 saturated carbocycles. The third-order valence-electron chi connectivity index (χ3n) is 6.87. The molecule has 37 heavy (non-hydrogen) atoms. The molecule has 7 heteroatoms. The first-order chi connectivity index (χ1) is 18.0. The number of carbonyl (C=O) groups is 1. The van der Waals surface area contributed by atoms with E-state index in [1.54, 1.807) is 14.2 Å². The Morgan fingerprint density at radius 3 is 2.57 bits per heavy atom. The van der Waals surface area contributed by atoms with Crippen molar-refractivity contribution >= 4 is 34.0 Å². The summed E-state index contributed by atoms with van der Waals surface area (Å²) < 4.78 is 10.8. The second-order valence-corrected chi connectivity index (χ2v) is 9.40. The highest BCUT2D eigenvalue weighted by molar-refractivity contribution is 6.07. The van der Waals surface area contributed by atoms with Crippen molar-refractivity contribution in [1.82, 2.24) is 9.88 Å². The molecule has 190 valence electrons. The monoisotopic (exact) mass is 496 g/mol. The number of rotatable bonds is 6. The molecule has 2 heterocycles. The van der Waals surface area contributed by atoms with E-state index in [0.29, 0.717) is 36.0 Å². The van der Waals surface area contributed by atoms with Crippen LogP contribution in [0.15, 0.2) is 72.8 Å². The van der Waals surface area contributed by atoms with E-state index < -0.39 is 0 Å². The van der Waals surface area contributed by atoms with E-state index in [9.17, 15) is 4.79 Å². The fourth-order valence-electron chi connectivity index (χ4n) is 4.96. The van der Waals surface area contributed by atoms with Crippen LogP contribution in [0.3, 0.4) is 0 Å². The predicted octanol–water partition coefficient (Wildman–Crippen LogP) is 5.65. The summed E-state index contributed by atoms with van der Waals surface area (Å²) in [7, 11) is 3.23. The number of carbonyl (C=O) groups excluding carboxylic acids is 1. The number of hydrogen-bond acceptors (Lipinski definition) is 6. The zero-order valence-electron chi connectivity index (χ0n) is 21.7. The summed E-state index contributed by atoms with van der Waals surface area (Å²) in [6, 6.07) is 23.9. The van der Waals surface area contributed by atoms with Crippen LogP contribution in [0, 0.1) is 6.92 Å². The number of anilines is 3. The summed E-state index contributed by atoms with van der Waals surface area (Å²) in [5.74, 6) is 1.92. The standard InChI is InChI=1S/C30H32N4O3/c1-20-8-7-9-22(16-20)34-15-14-33(19-21(34)2)30(35)25-18-29(31-26-11-6-5-10-24(25)26)32-27-13-12-23(36-3)17-28(27)37-4/h5-13,16-18,21H,14-15,19H2,1-4H3,(H,31,32). The fraction of sp³-hybridized carbons (Fsp3) is 0.267. The molecule has 3 aromatic carbocycles. The van der Waals surface area contributed by atoms with Gasteiger partial charge in [0, 0.05) is 42.8 Å². The number of hydrogen-bond donors (Lipinski definition) is 1. The maximum absolute atomic E-state index is 13.9. The van der Waals surface area contributed by atoms with E-state index in [1.165, 1.54) is 11.3 Å². The molecule has 0 bridgehead atoms.